The van der Waals surface area contributed by atoms with Crippen LogP contribution < -0.4 is 5.32 Å². The van der Waals surface area contributed by atoms with Crippen LogP contribution in [0.3, 0.4) is 0 Å². The zero-order valence-electron chi connectivity index (χ0n) is 14.3. The number of hydrogen-bond donors (Lipinski definition) is 2. The molecule has 0 saturated carbocycles. The van der Waals surface area contributed by atoms with E-state index in [0.717, 1.165) is 16.8 Å². The van der Waals surface area contributed by atoms with E-state index in [2.05, 4.69) is 30.4 Å². The van der Waals surface area contributed by atoms with E-state index in [4.69, 9.17) is 11.6 Å². The fourth-order valence-corrected chi connectivity index (χ4v) is 3.90. The summed E-state index contributed by atoms with van der Waals surface area (Å²) in [6, 6.07) is 7.58. The minimum absolute atomic E-state index is 0.0940. The summed E-state index contributed by atoms with van der Waals surface area (Å²) in [7, 11) is 0. The summed E-state index contributed by atoms with van der Waals surface area (Å²) in [5.41, 5.74) is 3.84. The maximum Gasteiger partial charge on any atom is 0.226 e. The number of H-pyrrole nitrogens is 1. The van der Waals surface area contributed by atoms with Gasteiger partial charge < -0.3 is 10.3 Å². The zero-order valence-corrected chi connectivity index (χ0v) is 15.0. The number of aromatic amines is 1. The largest absolute Gasteiger partial charge is 0.340 e. The minimum atomic E-state index is -0.171. The number of carbonyl (C=O) groups excluding carboxylic acids is 1. The highest BCUT2D eigenvalue weighted by atomic mass is 35.5. The molecule has 1 aromatic carbocycles. The Morgan fingerprint density at radius 3 is 2.93 bits per heavy atom. The Hall–Kier alpha value is -3.26. The van der Waals surface area contributed by atoms with Crippen molar-refractivity contribution in [2.75, 3.05) is 5.32 Å². The number of carbonyl (C=O) groups is 1. The molecule has 0 aliphatic carbocycles. The van der Waals surface area contributed by atoms with Crippen LogP contribution >= 0.6 is 11.6 Å². The van der Waals surface area contributed by atoms with Crippen LogP contribution in [-0.2, 0) is 4.79 Å². The lowest BCUT2D eigenvalue weighted by atomic mass is 9.86. The summed E-state index contributed by atoms with van der Waals surface area (Å²) in [6.07, 6.45) is 3.29. The van der Waals surface area contributed by atoms with Crippen LogP contribution in [0, 0.1) is 6.92 Å². The van der Waals surface area contributed by atoms with Crippen LogP contribution in [0.4, 0.5) is 5.82 Å². The van der Waals surface area contributed by atoms with Gasteiger partial charge in [0.1, 0.15) is 17.7 Å². The van der Waals surface area contributed by atoms with Gasteiger partial charge in [-0.1, -0.05) is 29.8 Å². The molecule has 1 aliphatic rings. The minimum Gasteiger partial charge on any atom is -0.340 e. The Morgan fingerprint density at radius 1 is 1.22 bits per heavy atom. The van der Waals surface area contributed by atoms with Crippen molar-refractivity contribution >= 4 is 34.5 Å². The second-order valence-electron chi connectivity index (χ2n) is 6.38. The number of nitrogens with zero attached hydrogens (tertiary/aromatic N) is 5. The Balaban J connectivity index is 1.75. The number of amides is 1. The van der Waals surface area contributed by atoms with E-state index < -0.39 is 0 Å². The van der Waals surface area contributed by atoms with Crippen molar-refractivity contribution in [2.24, 2.45) is 0 Å². The molecule has 0 fully saturated rings. The fraction of sp³-hybridized carbons (Fsp3) is 0.167. The van der Waals surface area contributed by atoms with Gasteiger partial charge in [-0.2, -0.15) is 9.78 Å². The van der Waals surface area contributed by atoms with Crippen LogP contribution in [0.2, 0.25) is 5.02 Å². The van der Waals surface area contributed by atoms with Gasteiger partial charge in [0.2, 0.25) is 5.91 Å². The van der Waals surface area contributed by atoms with E-state index in [1.54, 1.807) is 11.0 Å². The van der Waals surface area contributed by atoms with Gasteiger partial charge >= 0.3 is 0 Å². The number of hydrogen-bond acceptors (Lipinski definition) is 5. The monoisotopic (exact) mass is 379 g/mol. The van der Waals surface area contributed by atoms with Crippen LogP contribution in [0.15, 0.2) is 36.9 Å². The Bertz CT molecular complexity index is 1200. The smallest absolute Gasteiger partial charge is 0.226 e. The molecule has 9 heteroatoms. The molecule has 0 saturated heterocycles. The van der Waals surface area contributed by atoms with Gasteiger partial charge in [-0.15, -0.1) is 0 Å². The number of nitrogens with one attached hydrogen (secondary N) is 2. The SMILES string of the molecule is Cc1nn(-c2ncnc3nc[nH]c23)c2c1[C@H](c1ccccc1Cl)CC(=O)N2. The number of rotatable bonds is 2. The molecule has 1 aliphatic heterocycles. The third kappa shape index (κ3) is 2.41. The van der Waals surface area contributed by atoms with Crippen molar-refractivity contribution in [2.45, 2.75) is 19.3 Å². The fourth-order valence-electron chi connectivity index (χ4n) is 3.64. The van der Waals surface area contributed by atoms with Crippen molar-refractivity contribution in [3.8, 4) is 5.82 Å². The van der Waals surface area contributed by atoms with Crippen molar-refractivity contribution < 1.29 is 4.79 Å². The summed E-state index contributed by atoms with van der Waals surface area (Å²) in [5.74, 6) is 0.865. The first-order chi connectivity index (χ1) is 13.1. The standard InChI is InChI=1S/C18H14ClN7O/c1-9-14-11(10-4-2-3-5-12(10)19)6-13(27)24-17(14)26(25-9)18-15-16(21-7-20-15)22-8-23-18/h2-5,7-8,11H,6H2,1H3,(H,24,27)(H,20,21,22,23)/t11-/m0/s1. The first-order valence-corrected chi connectivity index (χ1v) is 8.79. The molecule has 0 spiro atoms. The summed E-state index contributed by atoms with van der Waals surface area (Å²) >= 11 is 6.42. The highest BCUT2D eigenvalue weighted by Crippen LogP contribution is 2.42. The predicted molar refractivity (Wildman–Crippen MR) is 100 cm³/mol. The van der Waals surface area contributed by atoms with E-state index >= 15 is 0 Å². The van der Waals surface area contributed by atoms with Gasteiger partial charge in [-0.25, -0.2) is 15.0 Å². The number of fused-ring (bicyclic) bond motifs is 2. The normalized spacial score (nSPS) is 16.4. The predicted octanol–water partition coefficient (Wildman–Crippen LogP) is 2.97. The van der Waals surface area contributed by atoms with Crippen molar-refractivity contribution in [1.29, 1.82) is 0 Å². The molecule has 0 radical (unpaired) electrons. The van der Waals surface area contributed by atoms with Gasteiger partial charge in [0.05, 0.1) is 12.0 Å². The number of aryl methyl sites for hydroxylation is 1. The molecule has 4 heterocycles. The molecule has 134 valence electrons. The summed E-state index contributed by atoms with van der Waals surface area (Å²) in [4.78, 5) is 28.2. The molecule has 27 heavy (non-hydrogen) atoms. The highest BCUT2D eigenvalue weighted by Gasteiger charge is 2.34. The maximum absolute atomic E-state index is 12.5. The topological polar surface area (TPSA) is 101 Å². The lowest BCUT2D eigenvalue weighted by Crippen LogP contribution is -2.25. The molecule has 4 aromatic rings. The van der Waals surface area contributed by atoms with Gasteiger partial charge in [-0.3, -0.25) is 4.79 Å². The molecule has 1 atom stereocenters. The van der Waals surface area contributed by atoms with Crippen LogP contribution in [-0.4, -0.2) is 35.6 Å². The van der Waals surface area contributed by atoms with Gasteiger partial charge in [0.15, 0.2) is 11.5 Å². The quantitative estimate of drug-likeness (QED) is 0.557. The molecule has 8 nitrogen and oxygen atoms in total. The van der Waals surface area contributed by atoms with Crippen molar-refractivity contribution in [1.82, 2.24) is 29.7 Å². The lowest BCUT2D eigenvalue weighted by Gasteiger charge is -2.25. The molecular weight excluding hydrogens is 366 g/mol. The maximum atomic E-state index is 12.5. The second-order valence-corrected chi connectivity index (χ2v) is 6.79. The van der Waals surface area contributed by atoms with Gasteiger partial charge in [0, 0.05) is 22.9 Å². The van der Waals surface area contributed by atoms with E-state index in [0.29, 0.717) is 34.2 Å². The first kappa shape index (κ1) is 16.0. The van der Waals surface area contributed by atoms with Crippen LogP contribution in [0.25, 0.3) is 17.0 Å². The van der Waals surface area contributed by atoms with Gasteiger partial charge in [-0.05, 0) is 18.6 Å². The number of benzene rings is 1. The Labute approximate surface area is 158 Å². The summed E-state index contributed by atoms with van der Waals surface area (Å²) < 4.78 is 1.63. The van der Waals surface area contributed by atoms with E-state index in [1.807, 2.05) is 31.2 Å². The number of aromatic nitrogens is 6. The molecule has 3 aromatic heterocycles. The number of imidazole rings is 1. The third-order valence-electron chi connectivity index (χ3n) is 4.79. The Morgan fingerprint density at radius 2 is 2.07 bits per heavy atom. The molecule has 2 N–H and O–H groups in total. The molecule has 0 bridgehead atoms. The first-order valence-electron chi connectivity index (χ1n) is 8.41. The van der Waals surface area contributed by atoms with E-state index in [1.165, 1.54) is 6.33 Å². The summed E-state index contributed by atoms with van der Waals surface area (Å²) in [5, 5.41) is 8.23. The van der Waals surface area contributed by atoms with Crippen LogP contribution in [0.1, 0.15) is 29.2 Å². The number of anilines is 1. The van der Waals surface area contributed by atoms with Gasteiger partial charge in [0.25, 0.3) is 0 Å². The molecule has 5 rings (SSSR count). The molecule has 1 amide bonds. The van der Waals surface area contributed by atoms with Crippen molar-refractivity contribution in [3.05, 3.63) is 58.8 Å². The highest BCUT2D eigenvalue weighted by molar-refractivity contribution is 6.31. The van der Waals surface area contributed by atoms with Crippen LogP contribution in [0.5, 0.6) is 0 Å². The Kier molecular flexibility index (Phi) is 3.48. The summed E-state index contributed by atoms with van der Waals surface area (Å²) in [6.45, 7) is 1.92. The second kappa shape index (κ2) is 5.88. The molecular formula is C18H14ClN7O. The average molecular weight is 380 g/mol. The van der Waals surface area contributed by atoms with Crippen molar-refractivity contribution in [3.63, 3.8) is 0 Å². The van der Waals surface area contributed by atoms with E-state index in [-0.39, 0.29) is 11.8 Å². The zero-order chi connectivity index (χ0) is 18.5. The average Bonchev–Trinajstić information content (AvgIpc) is 3.26. The lowest BCUT2D eigenvalue weighted by molar-refractivity contribution is -0.116. The molecule has 0 unspecified atom stereocenters. The number of halogens is 1. The third-order valence-corrected chi connectivity index (χ3v) is 5.13. The van der Waals surface area contributed by atoms with E-state index in [9.17, 15) is 4.79 Å².